The van der Waals surface area contributed by atoms with Gasteiger partial charge in [-0.05, 0) is 50.3 Å². The minimum absolute atomic E-state index is 0. The molecule has 3 heteroatoms. The van der Waals surface area contributed by atoms with Gasteiger partial charge in [-0.1, -0.05) is 30.3 Å². The lowest BCUT2D eigenvalue weighted by molar-refractivity contribution is 0.193. The van der Waals surface area contributed by atoms with E-state index < -0.39 is 0 Å². The predicted octanol–water partition coefficient (Wildman–Crippen LogP) is 3.07. The van der Waals surface area contributed by atoms with Crippen LogP contribution in [-0.4, -0.2) is 30.6 Å². The molecule has 1 aromatic rings. The first-order chi connectivity index (χ1) is 8.92. The maximum Gasteiger partial charge on any atom is 0.0236 e. The number of benzene rings is 1. The SMILES string of the molecule is Cl.c1ccc(CN(CC2CCCNC2)C2CC2)cc1. The number of nitrogens with zero attached hydrogens (tertiary/aromatic N) is 1. The van der Waals surface area contributed by atoms with Crippen molar-refractivity contribution in [1.82, 2.24) is 10.2 Å². The van der Waals surface area contributed by atoms with Gasteiger partial charge in [0.2, 0.25) is 0 Å². The second-order valence-corrected chi connectivity index (χ2v) is 5.86. The average molecular weight is 281 g/mol. The van der Waals surface area contributed by atoms with Crippen molar-refractivity contribution < 1.29 is 0 Å². The summed E-state index contributed by atoms with van der Waals surface area (Å²) in [7, 11) is 0. The van der Waals surface area contributed by atoms with Gasteiger partial charge in [0.15, 0.2) is 0 Å². The quantitative estimate of drug-likeness (QED) is 0.892. The Morgan fingerprint density at radius 2 is 1.89 bits per heavy atom. The Morgan fingerprint density at radius 1 is 1.11 bits per heavy atom. The van der Waals surface area contributed by atoms with Gasteiger partial charge in [-0.25, -0.2) is 0 Å². The molecule has 0 spiro atoms. The van der Waals surface area contributed by atoms with E-state index >= 15 is 0 Å². The number of hydrogen-bond acceptors (Lipinski definition) is 2. The van der Waals surface area contributed by atoms with Crippen LogP contribution in [0.3, 0.4) is 0 Å². The number of hydrogen-bond donors (Lipinski definition) is 1. The molecule has 3 rings (SSSR count). The van der Waals surface area contributed by atoms with E-state index in [0.29, 0.717) is 0 Å². The topological polar surface area (TPSA) is 15.3 Å². The molecule has 1 heterocycles. The van der Waals surface area contributed by atoms with Crippen LogP contribution < -0.4 is 5.32 Å². The molecule has 0 bridgehead atoms. The third-order valence-corrected chi connectivity index (χ3v) is 4.18. The molecule has 1 N–H and O–H groups in total. The van der Waals surface area contributed by atoms with Crippen LogP contribution in [-0.2, 0) is 6.54 Å². The molecule has 0 radical (unpaired) electrons. The third-order valence-electron chi connectivity index (χ3n) is 4.18. The van der Waals surface area contributed by atoms with Crippen molar-refractivity contribution >= 4 is 12.4 Å². The molecule has 2 nitrogen and oxygen atoms in total. The van der Waals surface area contributed by atoms with Gasteiger partial charge < -0.3 is 5.32 Å². The normalized spacial score (nSPS) is 23.1. The summed E-state index contributed by atoms with van der Waals surface area (Å²) in [6, 6.07) is 11.8. The molecule has 1 atom stereocenters. The van der Waals surface area contributed by atoms with Crippen molar-refractivity contribution in [1.29, 1.82) is 0 Å². The second-order valence-electron chi connectivity index (χ2n) is 5.86. The highest BCUT2D eigenvalue weighted by Gasteiger charge is 2.30. The van der Waals surface area contributed by atoms with E-state index in [0.717, 1.165) is 18.5 Å². The van der Waals surface area contributed by atoms with E-state index in [1.807, 2.05) is 0 Å². The summed E-state index contributed by atoms with van der Waals surface area (Å²) < 4.78 is 0. The number of halogens is 1. The van der Waals surface area contributed by atoms with Crippen LogP contribution in [0.1, 0.15) is 31.2 Å². The van der Waals surface area contributed by atoms with E-state index in [9.17, 15) is 0 Å². The minimum Gasteiger partial charge on any atom is -0.316 e. The van der Waals surface area contributed by atoms with Crippen molar-refractivity contribution in [2.75, 3.05) is 19.6 Å². The Balaban J connectivity index is 0.00000133. The zero-order chi connectivity index (χ0) is 12.2. The minimum atomic E-state index is 0. The Hall–Kier alpha value is -0.570. The molecule has 1 aliphatic carbocycles. The van der Waals surface area contributed by atoms with Crippen molar-refractivity contribution in [3.05, 3.63) is 35.9 Å². The van der Waals surface area contributed by atoms with Crippen LogP contribution in [0.25, 0.3) is 0 Å². The molecule has 19 heavy (non-hydrogen) atoms. The predicted molar refractivity (Wildman–Crippen MR) is 82.7 cm³/mol. The molecule has 1 aromatic carbocycles. The van der Waals surface area contributed by atoms with Crippen molar-refractivity contribution in [2.45, 2.75) is 38.3 Å². The molecule has 1 saturated heterocycles. The first kappa shape index (κ1) is 14.8. The number of piperidine rings is 1. The largest absolute Gasteiger partial charge is 0.316 e. The van der Waals surface area contributed by atoms with Gasteiger partial charge in [0.05, 0.1) is 0 Å². The van der Waals surface area contributed by atoms with Crippen molar-refractivity contribution in [2.24, 2.45) is 5.92 Å². The zero-order valence-electron chi connectivity index (χ0n) is 11.6. The van der Waals surface area contributed by atoms with Gasteiger partial charge in [0, 0.05) is 19.1 Å². The average Bonchev–Trinajstić information content (AvgIpc) is 3.25. The summed E-state index contributed by atoms with van der Waals surface area (Å²) >= 11 is 0. The van der Waals surface area contributed by atoms with Gasteiger partial charge in [-0.15, -0.1) is 12.4 Å². The Bertz CT molecular complexity index is 358. The van der Waals surface area contributed by atoms with E-state index in [1.54, 1.807) is 0 Å². The fraction of sp³-hybridized carbons (Fsp3) is 0.625. The molecule has 1 aliphatic heterocycles. The maximum absolute atomic E-state index is 3.54. The summed E-state index contributed by atoms with van der Waals surface area (Å²) in [5.41, 5.74) is 1.47. The molecule has 1 saturated carbocycles. The van der Waals surface area contributed by atoms with Crippen LogP contribution in [0.5, 0.6) is 0 Å². The Labute approximate surface area is 123 Å². The highest BCUT2D eigenvalue weighted by molar-refractivity contribution is 5.85. The second kappa shape index (κ2) is 7.28. The summed E-state index contributed by atoms with van der Waals surface area (Å²) in [5.74, 6) is 0.864. The van der Waals surface area contributed by atoms with Crippen molar-refractivity contribution in [3.8, 4) is 0 Å². The van der Waals surface area contributed by atoms with Gasteiger partial charge in [0.1, 0.15) is 0 Å². The van der Waals surface area contributed by atoms with Crippen molar-refractivity contribution in [3.63, 3.8) is 0 Å². The van der Waals surface area contributed by atoms with E-state index in [-0.39, 0.29) is 12.4 Å². The third kappa shape index (κ3) is 4.48. The zero-order valence-corrected chi connectivity index (χ0v) is 12.4. The first-order valence-corrected chi connectivity index (χ1v) is 7.40. The summed E-state index contributed by atoms with van der Waals surface area (Å²) in [4.78, 5) is 2.72. The first-order valence-electron chi connectivity index (χ1n) is 7.40. The molecular weight excluding hydrogens is 256 g/mol. The molecule has 2 fully saturated rings. The molecule has 1 unspecified atom stereocenters. The van der Waals surface area contributed by atoms with Crippen LogP contribution >= 0.6 is 12.4 Å². The lowest BCUT2D eigenvalue weighted by atomic mass is 9.98. The molecular formula is C16H25ClN2. The summed E-state index contributed by atoms with van der Waals surface area (Å²) in [6.07, 6.45) is 5.58. The van der Waals surface area contributed by atoms with E-state index in [2.05, 4.69) is 40.5 Å². The molecule has 106 valence electrons. The van der Waals surface area contributed by atoms with Gasteiger partial charge in [0.25, 0.3) is 0 Å². The summed E-state index contributed by atoms with van der Waals surface area (Å²) in [6.45, 7) is 4.87. The van der Waals surface area contributed by atoms with Crippen LogP contribution in [0.4, 0.5) is 0 Å². The van der Waals surface area contributed by atoms with E-state index in [1.165, 1.54) is 50.9 Å². The maximum atomic E-state index is 3.54. The Morgan fingerprint density at radius 3 is 2.53 bits per heavy atom. The summed E-state index contributed by atoms with van der Waals surface area (Å²) in [5, 5.41) is 3.54. The van der Waals surface area contributed by atoms with E-state index in [4.69, 9.17) is 0 Å². The smallest absolute Gasteiger partial charge is 0.0236 e. The number of nitrogens with one attached hydrogen (secondary N) is 1. The van der Waals surface area contributed by atoms with Crippen LogP contribution in [0.2, 0.25) is 0 Å². The van der Waals surface area contributed by atoms with Gasteiger partial charge in [-0.3, -0.25) is 4.90 Å². The fourth-order valence-corrected chi connectivity index (χ4v) is 3.01. The highest BCUT2D eigenvalue weighted by Crippen LogP contribution is 2.29. The van der Waals surface area contributed by atoms with Gasteiger partial charge in [-0.2, -0.15) is 0 Å². The highest BCUT2D eigenvalue weighted by atomic mass is 35.5. The van der Waals surface area contributed by atoms with Crippen LogP contribution in [0, 0.1) is 5.92 Å². The van der Waals surface area contributed by atoms with Gasteiger partial charge >= 0.3 is 0 Å². The lowest BCUT2D eigenvalue weighted by Gasteiger charge is -2.30. The van der Waals surface area contributed by atoms with Crippen LogP contribution in [0.15, 0.2) is 30.3 Å². The molecule has 0 amide bonds. The fourth-order valence-electron chi connectivity index (χ4n) is 3.01. The molecule has 2 aliphatic rings. The number of rotatable bonds is 5. The monoisotopic (exact) mass is 280 g/mol. The standard InChI is InChI=1S/C16H24N2.ClH/c1-2-5-14(6-3-1)12-18(16-8-9-16)13-15-7-4-10-17-11-15;/h1-3,5-6,15-17H,4,7-13H2;1H. The molecule has 0 aromatic heterocycles. The Kier molecular flexibility index (Phi) is 5.68. The lowest BCUT2D eigenvalue weighted by Crippen LogP contribution is -2.39.